The predicted molar refractivity (Wildman–Crippen MR) is 141 cm³/mol. The van der Waals surface area contributed by atoms with Gasteiger partial charge in [-0.2, -0.15) is 0 Å². The Bertz CT molecular complexity index is 1280. The van der Waals surface area contributed by atoms with Crippen molar-refractivity contribution >= 4 is 39.9 Å². The number of fused-ring (bicyclic) bond motifs is 1. The molecule has 1 aromatic heterocycles. The number of likely N-dealkylation sites (tertiary alicyclic amines) is 1. The van der Waals surface area contributed by atoms with Gasteiger partial charge in [0.25, 0.3) is 0 Å². The molecule has 2 fully saturated rings. The summed E-state index contributed by atoms with van der Waals surface area (Å²) in [6, 6.07) is 8.85. The van der Waals surface area contributed by atoms with Gasteiger partial charge in [0.1, 0.15) is 12.1 Å². The minimum Gasteiger partial charge on any atom is -0.493 e. The first kappa shape index (κ1) is 25.5. The average molecular weight is 528 g/mol. The van der Waals surface area contributed by atoms with Gasteiger partial charge in [0.15, 0.2) is 17.3 Å². The third kappa shape index (κ3) is 5.57. The second-order valence-corrected chi connectivity index (χ2v) is 10.2. The Morgan fingerprint density at radius 1 is 1.16 bits per heavy atom. The second kappa shape index (κ2) is 11.1. The predicted octanol–water partition coefficient (Wildman–Crippen LogP) is 5.06. The van der Waals surface area contributed by atoms with E-state index in [4.69, 9.17) is 26.8 Å². The lowest BCUT2D eigenvalue weighted by atomic mass is 9.88. The van der Waals surface area contributed by atoms with Crippen molar-refractivity contribution in [3.63, 3.8) is 0 Å². The van der Waals surface area contributed by atoms with E-state index in [9.17, 15) is 9.18 Å². The zero-order chi connectivity index (χ0) is 25.9. The molecule has 37 heavy (non-hydrogen) atoms. The Morgan fingerprint density at radius 2 is 1.97 bits per heavy atom. The quantitative estimate of drug-likeness (QED) is 0.442. The number of aromatic nitrogens is 2. The molecule has 10 heteroatoms. The molecule has 3 N–H and O–H groups in total. The van der Waals surface area contributed by atoms with Crippen LogP contribution in [0.3, 0.4) is 0 Å². The second-order valence-electron chi connectivity index (χ2n) is 9.75. The van der Waals surface area contributed by atoms with Gasteiger partial charge in [0, 0.05) is 24.0 Å². The molecule has 8 nitrogen and oxygen atoms in total. The summed E-state index contributed by atoms with van der Waals surface area (Å²) in [4.78, 5) is 22.8. The summed E-state index contributed by atoms with van der Waals surface area (Å²) in [5.74, 6) is 0.823. The number of nitrogens with one attached hydrogen (secondary N) is 1. The molecule has 1 aliphatic heterocycles. The Labute approximate surface area is 220 Å². The molecule has 0 spiro atoms. The van der Waals surface area contributed by atoms with Crippen LogP contribution in [-0.2, 0) is 4.79 Å². The van der Waals surface area contributed by atoms with E-state index in [-0.39, 0.29) is 28.6 Å². The van der Waals surface area contributed by atoms with Gasteiger partial charge in [-0.3, -0.25) is 9.69 Å². The molecule has 1 amide bonds. The molecular formula is C27H31ClFN5O3. The van der Waals surface area contributed by atoms with Crippen LogP contribution in [0.25, 0.3) is 10.9 Å². The average Bonchev–Trinajstić information content (AvgIpc) is 2.91. The number of carbonyl (C=O) groups excluding carboxylic acids is 1. The van der Waals surface area contributed by atoms with Gasteiger partial charge in [-0.25, -0.2) is 14.4 Å². The number of rotatable bonds is 7. The van der Waals surface area contributed by atoms with Gasteiger partial charge in [0.2, 0.25) is 5.91 Å². The maximum absolute atomic E-state index is 14.5. The van der Waals surface area contributed by atoms with E-state index in [1.54, 1.807) is 25.3 Å². The number of amides is 1. The van der Waals surface area contributed by atoms with E-state index < -0.39 is 5.82 Å². The van der Waals surface area contributed by atoms with Crippen LogP contribution in [0.1, 0.15) is 38.5 Å². The first-order valence-corrected chi connectivity index (χ1v) is 13.0. The van der Waals surface area contributed by atoms with E-state index in [1.165, 1.54) is 12.4 Å². The van der Waals surface area contributed by atoms with Gasteiger partial charge >= 0.3 is 0 Å². The molecule has 5 rings (SSSR count). The number of halogens is 2. The summed E-state index contributed by atoms with van der Waals surface area (Å²) in [5, 5.41) is 3.74. The number of carbonyl (C=O) groups is 1. The molecular weight excluding hydrogens is 497 g/mol. The molecule has 1 saturated carbocycles. The Hall–Kier alpha value is -3.17. The Kier molecular flexibility index (Phi) is 7.62. The van der Waals surface area contributed by atoms with Crippen molar-refractivity contribution < 1.29 is 18.7 Å². The van der Waals surface area contributed by atoms with Gasteiger partial charge in [-0.15, -0.1) is 0 Å². The third-order valence-electron chi connectivity index (χ3n) is 7.43. The number of ether oxygens (including phenoxy) is 2. The maximum atomic E-state index is 14.5. The molecule has 1 aliphatic carbocycles. The number of hydrogen-bond acceptors (Lipinski definition) is 7. The van der Waals surface area contributed by atoms with Crippen molar-refractivity contribution in [2.45, 2.75) is 50.7 Å². The van der Waals surface area contributed by atoms with Crippen molar-refractivity contribution in [2.24, 2.45) is 11.7 Å². The molecule has 0 bridgehead atoms. The molecule has 2 aromatic carbocycles. The lowest BCUT2D eigenvalue weighted by Crippen LogP contribution is -2.47. The minimum absolute atomic E-state index is 0.0272. The van der Waals surface area contributed by atoms with E-state index in [0.29, 0.717) is 34.3 Å². The zero-order valence-corrected chi connectivity index (χ0v) is 21.5. The fourth-order valence-electron chi connectivity index (χ4n) is 5.42. The van der Waals surface area contributed by atoms with E-state index in [0.717, 1.165) is 51.6 Å². The van der Waals surface area contributed by atoms with Crippen LogP contribution in [0, 0.1) is 11.7 Å². The number of benzene rings is 2. The number of nitrogens with two attached hydrogens (primary N) is 1. The Morgan fingerprint density at radius 3 is 2.73 bits per heavy atom. The number of primary amides is 1. The lowest BCUT2D eigenvalue weighted by molar-refractivity contribution is -0.123. The van der Waals surface area contributed by atoms with Crippen molar-refractivity contribution in [3.8, 4) is 11.5 Å². The minimum atomic E-state index is -0.548. The molecule has 2 aliphatic rings. The summed E-state index contributed by atoms with van der Waals surface area (Å²) < 4.78 is 26.5. The van der Waals surface area contributed by atoms with Crippen LogP contribution in [0.15, 0.2) is 36.7 Å². The van der Waals surface area contributed by atoms with Crippen LogP contribution in [0.2, 0.25) is 5.02 Å². The van der Waals surface area contributed by atoms with Crippen LogP contribution in [0.4, 0.5) is 15.9 Å². The van der Waals surface area contributed by atoms with E-state index in [2.05, 4.69) is 20.2 Å². The van der Waals surface area contributed by atoms with Gasteiger partial charge in [-0.1, -0.05) is 17.7 Å². The molecule has 3 aromatic rings. The first-order valence-electron chi connectivity index (χ1n) is 12.7. The largest absolute Gasteiger partial charge is 0.493 e. The van der Waals surface area contributed by atoms with E-state index >= 15 is 0 Å². The smallest absolute Gasteiger partial charge is 0.221 e. The normalized spacial score (nSPS) is 22.5. The van der Waals surface area contributed by atoms with Crippen molar-refractivity contribution in [3.05, 3.63) is 47.5 Å². The summed E-state index contributed by atoms with van der Waals surface area (Å²) >= 11 is 5.94. The SMILES string of the molecule is COc1cc2ncnc(Nc3cccc(Cl)c3F)c2cc1O[C@H]1CC[C@H](N2CCC[C@H](C(N)=O)C2)CC1. The number of hydrogen-bond donors (Lipinski definition) is 2. The van der Waals surface area contributed by atoms with Crippen LogP contribution in [0.5, 0.6) is 11.5 Å². The standard InChI is InChI=1S/C27H31ClFN5O3/c1-36-23-13-22-19(27(32-15-31-22)33-21-6-2-5-20(28)25(21)29)12-24(23)37-18-9-7-17(8-10-18)34-11-3-4-16(14-34)26(30)35/h2,5-6,12-13,15-18H,3-4,7-11,14H2,1H3,(H2,30,35)(H,31,32,33)/t16-,17-,18-/m0/s1. The third-order valence-corrected chi connectivity index (χ3v) is 7.73. The summed E-state index contributed by atoms with van der Waals surface area (Å²) in [6.07, 6.45) is 7.13. The zero-order valence-electron chi connectivity index (χ0n) is 20.8. The molecule has 0 unspecified atom stereocenters. The summed E-state index contributed by atoms with van der Waals surface area (Å²) in [7, 11) is 1.60. The Balaban J connectivity index is 1.31. The van der Waals surface area contributed by atoms with Crippen LogP contribution >= 0.6 is 11.6 Å². The molecule has 2 heterocycles. The number of piperidine rings is 1. The summed E-state index contributed by atoms with van der Waals surface area (Å²) in [6.45, 7) is 1.77. The maximum Gasteiger partial charge on any atom is 0.221 e. The van der Waals surface area contributed by atoms with Gasteiger partial charge in [-0.05, 0) is 63.3 Å². The monoisotopic (exact) mass is 527 g/mol. The molecule has 196 valence electrons. The molecule has 1 atom stereocenters. The van der Waals surface area contributed by atoms with Crippen molar-refractivity contribution in [2.75, 3.05) is 25.5 Å². The highest BCUT2D eigenvalue weighted by molar-refractivity contribution is 6.31. The lowest BCUT2D eigenvalue weighted by Gasteiger charge is -2.40. The highest BCUT2D eigenvalue weighted by Crippen LogP contribution is 2.38. The van der Waals surface area contributed by atoms with Gasteiger partial charge < -0.3 is 20.5 Å². The van der Waals surface area contributed by atoms with Gasteiger partial charge in [0.05, 0.1) is 35.4 Å². The number of anilines is 2. The fourth-order valence-corrected chi connectivity index (χ4v) is 5.60. The van der Waals surface area contributed by atoms with Crippen molar-refractivity contribution in [1.82, 2.24) is 14.9 Å². The van der Waals surface area contributed by atoms with Crippen LogP contribution < -0.4 is 20.5 Å². The number of methoxy groups -OCH3 is 1. The van der Waals surface area contributed by atoms with E-state index in [1.807, 2.05) is 6.07 Å². The van der Waals surface area contributed by atoms with Crippen LogP contribution in [-0.4, -0.2) is 53.1 Å². The summed E-state index contributed by atoms with van der Waals surface area (Å²) in [5.41, 5.74) is 6.43. The van der Waals surface area contributed by atoms with Crippen molar-refractivity contribution in [1.29, 1.82) is 0 Å². The number of nitrogens with zero attached hydrogens (tertiary/aromatic N) is 3. The highest BCUT2D eigenvalue weighted by Gasteiger charge is 2.32. The molecule has 0 radical (unpaired) electrons. The highest BCUT2D eigenvalue weighted by atomic mass is 35.5. The fraction of sp³-hybridized carbons (Fsp3) is 0.444. The topological polar surface area (TPSA) is 103 Å². The molecule has 1 saturated heterocycles. The first-order chi connectivity index (χ1) is 17.9.